The number of hydrogen-bond acceptors (Lipinski definition) is 6. The number of ether oxygens (including phenoxy) is 3. The molecule has 3 aliphatic heterocycles. The fourth-order valence-electron chi connectivity index (χ4n) is 3.42. The topological polar surface area (TPSA) is 37.4 Å². The normalized spacial score (nSPS) is 19.8. The summed E-state index contributed by atoms with van der Waals surface area (Å²) in [5.74, 6) is 0. The molecule has 0 atom stereocenters. The summed E-state index contributed by atoms with van der Waals surface area (Å²) in [6.45, 7) is 30.8. The zero-order valence-electron chi connectivity index (χ0n) is 22.3. The lowest BCUT2D eigenvalue weighted by atomic mass is 10.4. The lowest BCUT2D eigenvalue weighted by molar-refractivity contribution is 0.0379. The monoisotopic (exact) mass is 447 g/mol. The minimum atomic E-state index is 0.931. The van der Waals surface area contributed by atoms with E-state index in [1.54, 1.807) is 0 Å². The van der Waals surface area contributed by atoms with Gasteiger partial charge in [0.1, 0.15) is 0 Å². The summed E-state index contributed by atoms with van der Waals surface area (Å²) in [6, 6.07) is 0. The predicted octanol–water partition coefficient (Wildman–Crippen LogP) is 4.24. The summed E-state index contributed by atoms with van der Waals surface area (Å²) in [4.78, 5) is 7.34. The molecule has 0 bridgehead atoms. The Morgan fingerprint density at radius 3 is 0.774 bits per heavy atom. The van der Waals surface area contributed by atoms with E-state index in [0.29, 0.717) is 0 Å². The molecular formula is C25H57N3O3. The van der Waals surface area contributed by atoms with E-state index in [4.69, 9.17) is 14.2 Å². The summed E-state index contributed by atoms with van der Waals surface area (Å²) in [5, 5.41) is 0. The second kappa shape index (κ2) is 27.8. The Morgan fingerprint density at radius 2 is 0.613 bits per heavy atom. The maximum Gasteiger partial charge on any atom is 0.0594 e. The van der Waals surface area contributed by atoms with Gasteiger partial charge in [-0.1, -0.05) is 48.5 Å². The van der Waals surface area contributed by atoms with Gasteiger partial charge < -0.3 is 14.2 Å². The van der Waals surface area contributed by atoms with Crippen LogP contribution in [-0.2, 0) is 14.2 Å². The first-order valence-electron chi connectivity index (χ1n) is 13.2. The third-order valence-electron chi connectivity index (χ3n) is 4.93. The molecule has 3 aliphatic rings. The third-order valence-corrected chi connectivity index (χ3v) is 4.93. The second-order valence-electron chi connectivity index (χ2n) is 7.36. The van der Waals surface area contributed by atoms with E-state index in [1.165, 1.54) is 38.9 Å². The molecular weight excluding hydrogens is 390 g/mol. The molecule has 0 unspecified atom stereocenters. The van der Waals surface area contributed by atoms with Crippen LogP contribution in [0.15, 0.2) is 0 Å². The molecule has 3 fully saturated rings. The molecule has 0 radical (unpaired) electrons. The molecule has 0 saturated carbocycles. The van der Waals surface area contributed by atoms with Crippen molar-refractivity contribution in [3.63, 3.8) is 0 Å². The molecule has 0 aromatic carbocycles. The van der Waals surface area contributed by atoms with Crippen LogP contribution >= 0.6 is 0 Å². The minimum Gasteiger partial charge on any atom is -0.379 e. The molecule has 6 heteroatoms. The van der Waals surface area contributed by atoms with Gasteiger partial charge in [0.15, 0.2) is 0 Å². The van der Waals surface area contributed by atoms with Crippen molar-refractivity contribution in [3.8, 4) is 0 Å². The van der Waals surface area contributed by atoms with Gasteiger partial charge in [-0.3, -0.25) is 14.7 Å². The highest BCUT2D eigenvalue weighted by atomic mass is 16.5. The van der Waals surface area contributed by atoms with Crippen LogP contribution in [0.4, 0.5) is 0 Å². The number of hydrogen-bond donors (Lipinski definition) is 0. The summed E-state index contributed by atoms with van der Waals surface area (Å²) >= 11 is 0. The first kappa shape index (κ1) is 32.9. The molecule has 0 N–H and O–H groups in total. The van der Waals surface area contributed by atoms with Gasteiger partial charge in [0, 0.05) is 39.3 Å². The number of nitrogens with zero attached hydrogens (tertiary/aromatic N) is 3. The van der Waals surface area contributed by atoms with Crippen molar-refractivity contribution < 1.29 is 14.2 Å². The van der Waals surface area contributed by atoms with Crippen molar-refractivity contribution in [2.75, 3.05) is 98.5 Å². The van der Waals surface area contributed by atoms with Gasteiger partial charge in [-0.25, -0.2) is 0 Å². The van der Waals surface area contributed by atoms with Crippen LogP contribution in [0.3, 0.4) is 0 Å². The van der Waals surface area contributed by atoms with Crippen molar-refractivity contribution in [2.24, 2.45) is 0 Å². The summed E-state index contributed by atoms with van der Waals surface area (Å²) < 4.78 is 15.6. The molecule has 3 saturated heterocycles. The predicted molar refractivity (Wildman–Crippen MR) is 135 cm³/mol. The molecule has 3 heterocycles. The van der Waals surface area contributed by atoms with E-state index in [9.17, 15) is 0 Å². The van der Waals surface area contributed by atoms with Crippen molar-refractivity contribution in [2.45, 2.75) is 67.7 Å². The molecule has 3 rings (SSSR count). The Balaban J connectivity index is 0. The minimum absolute atomic E-state index is 0.931. The fourth-order valence-corrected chi connectivity index (χ4v) is 3.42. The Hall–Kier alpha value is -0.240. The molecule has 31 heavy (non-hydrogen) atoms. The first-order chi connectivity index (χ1) is 15.3. The SMILES string of the molecule is CC.CC.CCCN1CCOCC1.CCCN1CCOCC1.CCCN1CCOCC1. The average Bonchev–Trinajstić information content (AvgIpc) is 2.85. The van der Waals surface area contributed by atoms with Gasteiger partial charge in [0.05, 0.1) is 39.6 Å². The number of rotatable bonds is 6. The lowest BCUT2D eigenvalue weighted by Gasteiger charge is -2.25. The van der Waals surface area contributed by atoms with E-state index in [2.05, 4.69) is 35.5 Å². The van der Waals surface area contributed by atoms with Gasteiger partial charge in [-0.15, -0.1) is 0 Å². The highest BCUT2D eigenvalue weighted by Crippen LogP contribution is 1.98. The van der Waals surface area contributed by atoms with Crippen LogP contribution in [0.1, 0.15) is 67.7 Å². The Bertz CT molecular complexity index is 249. The third kappa shape index (κ3) is 21.4. The van der Waals surface area contributed by atoms with Crippen LogP contribution in [0, 0.1) is 0 Å². The van der Waals surface area contributed by atoms with Gasteiger partial charge in [0.2, 0.25) is 0 Å². The lowest BCUT2D eigenvalue weighted by Crippen LogP contribution is -2.36. The standard InChI is InChI=1S/3C7H15NO.2C2H6/c3*1-2-3-8-4-6-9-7-5-8;2*1-2/h3*2-7H2,1H3;2*1-2H3. The van der Waals surface area contributed by atoms with Crippen molar-refractivity contribution >= 4 is 0 Å². The smallest absolute Gasteiger partial charge is 0.0594 e. The largest absolute Gasteiger partial charge is 0.379 e. The highest BCUT2D eigenvalue weighted by molar-refractivity contribution is 4.61. The maximum atomic E-state index is 5.20. The van der Waals surface area contributed by atoms with E-state index in [-0.39, 0.29) is 0 Å². The second-order valence-corrected chi connectivity index (χ2v) is 7.36. The van der Waals surface area contributed by atoms with Gasteiger partial charge in [0.25, 0.3) is 0 Å². The van der Waals surface area contributed by atoms with Gasteiger partial charge in [-0.2, -0.15) is 0 Å². The number of morpholine rings is 3. The van der Waals surface area contributed by atoms with Gasteiger partial charge in [-0.05, 0) is 38.9 Å². The Labute approximate surface area is 195 Å². The van der Waals surface area contributed by atoms with E-state index in [1.807, 2.05) is 27.7 Å². The molecule has 190 valence electrons. The molecule has 0 aromatic heterocycles. The van der Waals surface area contributed by atoms with Crippen LogP contribution in [-0.4, -0.2) is 113 Å². The first-order valence-corrected chi connectivity index (χ1v) is 13.2. The molecule has 0 amide bonds. The van der Waals surface area contributed by atoms with Crippen LogP contribution in [0.2, 0.25) is 0 Å². The van der Waals surface area contributed by atoms with E-state index >= 15 is 0 Å². The molecule has 0 aliphatic carbocycles. The summed E-state index contributed by atoms with van der Waals surface area (Å²) in [6.07, 6.45) is 3.79. The molecule has 6 nitrogen and oxygen atoms in total. The van der Waals surface area contributed by atoms with E-state index in [0.717, 1.165) is 78.9 Å². The van der Waals surface area contributed by atoms with Gasteiger partial charge >= 0.3 is 0 Å². The Kier molecular flexibility index (Phi) is 29.5. The molecule has 0 aromatic rings. The van der Waals surface area contributed by atoms with Crippen LogP contribution in [0.5, 0.6) is 0 Å². The maximum absolute atomic E-state index is 5.20. The zero-order valence-corrected chi connectivity index (χ0v) is 22.3. The van der Waals surface area contributed by atoms with Crippen LogP contribution < -0.4 is 0 Å². The summed E-state index contributed by atoms with van der Waals surface area (Å²) in [7, 11) is 0. The summed E-state index contributed by atoms with van der Waals surface area (Å²) in [5.41, 5.74) is 0. The highest BCUT2D eigenvalue weighted by Gasteiger charge is 2.08. The van der Waals surface area contributed by atoms with Crippen molar-refractivity contribution in [1.29, 1.82) is 0 Å². The molecule has 0 spiro atoms. The fraction of sp³-hybridized carbons (Fsp3) is 1.00. The zero-order chi connectivity index (χ0) is 23.6. The Morgan fingerprint density at radius 1 is 0.419 bits per heavy atom. The average molecular weight is 448 g/mol. The van der Waals surface area contributed by atoms with Crippen molar-refractivity contribution in [3.05, 3.63) is 0 Å². The van der Waals surface area contributed by atoms with E-state index < -0.39 is 0 Å². The van der Waals surface area contributed by atoms with Crippen LogP contribution in [0.25, 0.3) is 0 Å². The van der Waals surface area contributed by atoms with Crippen molar-refractivity contribution in [1.82, 2.24) is 14.7 Å². The quantitative estimate of drug-likeness (QED) is 0.606.